The second-order valence-electron chi connectivity index (χ2n) is 2.01. The lowest BCUT2D eigenvalue weighted by Gasteiger charge is -2.21. The van der Waals surface area contributed by atoms with Gasteiger partial charge in [0.05, 0.1) is 0 Å². The quantitative estimate of drug-likeness (QED) is 0.625. The van der Waals surface area contributed by atoms with Crippen molar-refractivity contribution in [1.82, 2.24) is 0 Å². The maximum Gasteiger partial charge on any atom is 0.194 e. The van der Waals surface area contributed by atoms with E-state index in [1.807, 2.05) is 13.8 Å². The predicted octanol–water partition coefficient (Wildman–Crippen LogP) is 3.78. The van der Waals surface area contributed by atoms with Crippen molar-refractivity contribution in [1.29, 1.82) is 0 Å². The fourth-order valence-corrected chi connectivity index (χ4v) is 1.68. The summed E-state index contributed by atoms with van der Waals surface area (Å²) in [5.74, 6) is 0.0301. The van der Waals surface area contributed by atoms with Crippen molar-refractivity contribution in [3.8, 4) is 0 Å². The molecule has 0 heterocycles. The lowest BCUT2D eigenvalue weighted by molar-refractivity contribution is 0.598. The molecule has 0 nitrogen and oxygen atoms in total. The Labute approximate surface area is 79.0 Å². The van der Waals surface area contributed by atoms with Gasteiger partial charge in [0.1, 0.15) is 0 Å². The van der Waals surface area contributed by atoms with Crippen molar-refractivity contribution in [2.45, 2.75) is 22.5 Å². The molecule has 0 aliphatic rings. The normalized spacial score (nSPS) is 19.3. The van der Waals surface area contributed by atoms with Crippen LogP contribution in [0.1, 0.15) is 13.8 Å². The van der Waals surface area contributed by atoms with Crippen LogP contribution in [0.2, 0.25) is 0 Å². The summed E-state index contributed by atoms with van der Waals surface area (Å²) in [4.78, 5) is 0.227. The molecular formula is C5H8BrCl3. The van der Waals surface area contributed by atoms with Crippen molar-refractivity contribution < 1.29 is 0 Å². The Balaban J connectivity index is 3.88. The molecule has 2 atom stereocenters. The summed E-state index contributed by atoms with van der Waals surface area (Å²) < 4.78 is -1.15. The van der Waals surface area contributed by atoms with Gasteiger partial charge in [-0.05, 0) is 0 Å². The molecular weight excluding hydrogens is 246 g/mol. The van der Waals surface area contributed by atoms with Crippen LogP contribution in [-0.2, 0) is 0 Å². The van der Waals surface area contributed by atoms with Gasteiger partial charge in [0.25, 0.3) is 0 Å². The monoisotopic (exact) mass is 252 g/mol. The van der Waals surface area contributed by atoms with Gasteiger partial charge in [-0.1, -0.05) is 64.6 Å². The highest BCUT2D eigenvalue weighted by atomic mass is 79.9. The van der Waals surface area contributed by atoms with Crippen LogP contribution >= 0.6 is 50.7 Å². The first kappa shape index (κ1) is 10.3. The molecule has 0 N–H and O–H groups in total. The van der Waals surface area contributed by atoms with E-state index in [0.29, 0.717) is 0 Å². The number of halogens is 4. The summed E-state index contributed by atoms with van der Waals surface area (Å²) in [6, 6.07) is 0. The van der Waals surface area contributed by atoms with Crippen LogP contribution in [0.4, 0.5) is 0 Å². The molecule has 0 radical (unpaired) electrons. The van der Waals surface area contributed by atoms with Crippen LogP contribution < -0.4 is 0 Å². The fourth-order valence-electron chi connectivity index (χ4n) is 0.260. The van der Waals surface area contributed by atoms with Crippen LogP contribution in [0, 0.1) is 5.92 Å². The maximum absolute atomic E-state index is 5.58. The molecule has 0 unspecified atom stereocenters. The Morgan fingerprint density at radius 3 is 1.56 bits per heavy atom. The van der Waals surface area contributed by atoms with Crippen LogP contribution in [-0.4, -0.2) is 8.62 Å². The highest BCUT2D eigenvalue weighted by Crippen LogP contribution is 2.38. The summed E-state index contributed by atoms with van der Waals surface area (Å²) >= 11 is 20.1. The van der Waals surface area contributed by atoms with Gasteiger partial charge in [0.2, 0.25) is 0 Å². The first-order valence-electron chi connectivity index (χ1n) is 2.56. The Morgan fingerprint density at radius 2 is 1.56 bits per heavy atom. The molecule has 0 aromatic rings. The average molecular weight is 254 g/mol. The van der Waals surface area contributed by atoms with Gasteiger partial charge in [0.15, 0.2) is 3.79 Å². The summed E-state index contributed by atoms with van der Waals surface area (Å²) in [6.45, 7) is 3.83. The summed E-state index contributed by atoms with van der Waals surface area (Å²) in [6.07, 6.45) is 0. The zero-order chi connectivity index (χ0) is 7.65. The Kier molecular flexibility index (Phi) is 4.21. The molecule has 0 rings (SSSR count). The van der Waals surface area contributed by atoms with Crippen molar-refractivity contribution in [3.63, 3.8) is 0 Å². The Bertz CT molecular complexity index is 86.7. The largest absolute Gasteiger partial charge is 0.194 e. The lowest BCUT2D eigenvalue weighted by atomic mass is 10.1. The third-order valence-electron chi connectivity index (χ3n) is 1.21. The van der Waals surface area contributed by atoms with Crippen molar-refractivity contribution in [2.75, 3.05) is 0 Å². The molecule has 0 saturated heterocycles. The molecule has 0 aromatic heterocycles. The van der Waals surface area contributed by atoms with Crippen molar-refractivity contribution in [2.24, 2.45) is 5.92 Å². The molecule has 0 amide bonds. The second-order valence-corrected chi connectivity index (χ2v) is 5.82. The van der Waals surface area contributed by atoms with E-state index in [1.165, 1.54) is 0 Å². The van der Waals surface area contributed by atoms with E-state index >= 15 is 0 Å². The molecule has 0 spiro atoms. The van der Waals surface area contributed by atoms with Crippen LogP contribution in [0.5, 0.6) is 0 Å². The highest BCUT2D eigenvalue weighted by molar-refractivity contribution is 9.09. The fraction of sp³-hybridized carbons (Fsp3) is 1.00. The molecule has 4 heteroatoms. The molecule has 0 aliphatic carbocycles. The van der Waals surface area contributed by atoms with E-state index in [1.54, 1.807) is 0 Å². The van der Waals surface area contributed by atoms with Gasteiger partial charge < -0.3 is 0 Å². The summed E-state index contributed by atoms with van der Waals surface area (Å²) in [5, 5.41) is 0. The minimum atomic E-state index is -1.15. The topological polar surface area (TPSA) is 0 Å². The van der Waals surface area contributed by atoms with Gasteiger partial charge in [-0.2, -0.15) is 0 Å². The van der Waals surface area contributed by atoms with Gasteiger partial charge >= 0.3 is 0 Å². The number of hydrogen-bond acceptors (Lipinski definition) is 0. The molecule has 0 saturated carbocycles. The molecule has 0 aromatic carbocycles. The van der Waals surface area contributed by atoms with Gasteiger partial charge in [-0.15, -0.1) is 0 Å². The van der Waals surface area contributed by atoms with Crippen molar-refractivity contribution in [3.05, 3.63) is 0 Å². The van der Waals surface area contributed by atoms with Gasteiger partial charge in [-0.25, -0.2) is 0 Å². The first-order chi connectivity index (χ1) is 3.85. The van der Waals surface area contributed by atoms with E-state index in [2.05, 4.69) is 15.9 Å². The minimum absolute atomic E-state index is 0.0301. The zero-order valence-corrected chi connectivity index (χ0v) is 9.02. The zero-order valence-electron chi connectivity index (χ0n) is 5.17. The molecule has 0 aliphatic heterocycles. The average Bonchev–Trinajstić information content (AvgIpc) is 1.62. The highest BCUT2D eigenvalue weighted by Gasteiger charge is 2.31. The van der Waals surface area contributed by atoms with E-state index in [9.17, 15) is 0 Å². The number of rotatable bonds is 1. The molecule has 56 valence electrons. The standard InChI is InChI=1S/C5H8BrCl3/c1-3(4(2)6)5(7,8)9/h3-4H,1-2H3/t3-,4-/m1/s1. The maximum atomic E-state index is 5.58. The lowest BCUT2D eigenvalue weighted by Crippen LogP contribution is -2.22. The summed E-state index contributed by atoms with van der Waals surface area (Å²) in [7, 11) is 0. The first-order valence-corrected chi connectivity index (χ1v) is 4.61. The van der Waals surface area contributed by atoms with Crippen LogP contribution in [0.25, 0.3) is 0 Å². The Morgan fingerprint density at radius 1 is 1.22 bits per heavy atom. The molecule has 9 heavy (non-hydrogen) atoms. The number of hydrogen-bond donors (Lipinski definition) is 0. The third-order valence-corrected chi connectivity index (χ3v) is 3.03. The van der Waals surface area contributed by atoms with E-state index in [-0.39, 0.29) is 10.7 Å². The third kappa shape index (κ3) is 3.92. The number of alkyl halides is 4. The predicted molar refractivity (Wildman–Crippen MR) is 47.8 cm³/mol. The SMILES string of the molecule is C[C@H]([C@@H](C)Br)C(Cl)(Cl)Cl. The van der Waals surface area contributed by atoms with E-state index in [0.717, 1.165) is 0 Å². The van der Waals surface area contributed by atoms with Crippen LogP contribution in [0.15, 0.2) is 0 Å². The smallest absolute Gasteiger partial charge is 0.0889 e. The van der Waals surface area contributed by atoms with E-state index in [4.69, 9.17) is 34.8 Å². The van der Waals surface area contributed by atoms with Gasteiger partial charge in [0, 0.05) is 10.7 Å². The van der Waals surface area contributed by atoms with Crippen molar-refractivity contribution >= 4 is 50.7 Å². The van der Waals surface area contributed by atoms with Crippen LogP contribution in [0.3, 0.4) is 0 Å². The minimum Gasteiger partial charge on any atom is -0.0889 e. The second kappa shape index (κ2) is 3.66. The molecule has 0 fully saturated rings. The van der Waals surface area contributed by atoms with Gasteiger partial charge in [-0.3, -0.25) is 0 Å². The van der Waals surface area contributed by atoms with E-state index < -0.39 is 3.79 Å². The molecule has 0 bridgehead atoms. The Hall–Kier alpha value is 1.35. The summed E-state index contributed by atoms with van der Waals surface area (Å²) in [5.41, 5.74) is 0.